The quantitative estimate of drug-likeness (QED) is 0.418. The van der Waals surface area contributed by atoms with Crippen molar-refractivity contribution in [1.82, 2.24) is 5.48 Å². The molecule has 1 atom stereocenters. The van der Waals surface area contributed by atoms with E-state index in [4.69, 9.17) is 9.94 Å². The third-order valence-electron chi connectivity index (χ3n) is 1.04. The predicted molar refractivity (Wildman–Crippen MR) is 35.9 cm³/mol. The van der Waals surface area contributed by atoms with Gasteiger partial charge in [-0.2, -0.15) is 5.48 Å². The van der Waals surface area contributed by atoms with Crippen molar-refractivity contribution in [3.8, 4) is 0 Å². The highest BCUT2D eigenvalue weighted by Crippen LogP contribution is 1.85. The van der Waals surface area contributed by atoms with Crippen LogP contribution in [0.25, 0.3) is 0 Å². The van der Waals surface area contributed by atoms with Crippen molar-refractivity contribution in [2.24, 2.45) is 0 Å². The van der Waals surface area contributed by atoms with Gasteiger partial charge in [0.15, 0.2) is 0 Å². The Bertz CT molecular complexity index is 59.0. The Labute approximate surface area is 56.0 Å². The fourth-order valence-electron chi connectivity index (χ4n) is 0.402. The lowest BCUT2D eigenvalue weighted by atomic mass is 10.3. The van der Waals surface area contributed by atoms with Crippen LogP contribution in [-0.4, -0.2) is 24.4 Å². The molecule has 0 aliphatic rings. The first kappa shape index (κ1) is 8.88. The molecule has 0 aromatic rings. The van der Waals surface area contributed by atoms with Crippen molar-refractivity contribution in [3.05, 3.63) is 0 Å². The molecule has 0 spiro atoms. The number of nitrogens with one attached hydrogen (secondary N) is 1. The summed E-state index contributed by atoms with van der Waals surface area (Å²) in [6, 6.07) is 0. The smallest absolute Gasteiger partial charge is 0.0685 e. The van der Waals surface area contributed by atoms with Crippen LogP contribution < -0.4 is 5.48 Å². The fraction of sp³-hybridized carbons (Fsp3) is 1.00. The zero-order chi connectivity index (χ0) is 7.11. The van der Waals surface area contributed by atoms with Crippen molar-refractivity contribution in [3.63, 3.8) is 0 Å². The molecule has 0 fully saturated rings. The number of hydroxylamine groups is 1. The van der Waals surface area contributed by atoms with Gasteiger partial charge in [0, 0.05) is 6.54 Å². The minimum atomic E-state index is -0.281. The number of hydrogen-bond acceptors (Lipinski definition) is 3. The van der Waals surface area contributed by atoms with E-state index in [1.165, 1.54) is 0 Å². The predicted octanol–water partition coefficient (Wildman–Crippen LogP) is 0.298. The Balaban J connectivity index is 2.88. The first-order valence-corrected chi connectivity index (χ1v) is 3.34. The van der Waals surface area contributed by atoms with Gasteiger partial charge in [-0.3, -0.25) is 0 Å². The highest BCUT2D eigenvalue weighted by Gasteiger charge is 1.96. The number of rotatable bonds is 5. The molecule has 0 saturated carbocycles. The van der Waals surface area contributed by atoms with Crippen LogP contribution in [0, 0.1) is 0 Å². The van der Waals surface area contributed by atoms with Gasteiger partial charge in [-0.1, -0.05) is 6.92 Å². The molecule has 0 aromatic carbocycles. The normalized spacial score (nSPS) is 13.7. The number of aliphatic hydroxyl groups is 1. The van der Waals surface area contributed by atoms with Crippen molar-refractivity contribution in [2.75, 3.05) is 13.2 Å². The van der Waals surface area contributed by atoms with Crippen LogP contribution in [0.1, 0.15) is 20.3 Å². The van der Waals surface area contributed by atoms with E-state index in [1.54, 1.807) is 0 Å². The maximum Gasteiger partial charge on any atom is 0.0685 e. The molecule has 3 nitrogen and oxygen atoms in total. The molecule has 9 heavy (non-hydrogen) atoms. The van der Waals surface area contributed by atoms with E-state index in [2.05, 4.69) is 5.48 Å². The van der Waals surface area contributed by atoms with Crippen molar-refractivity contribution in [2.45, 2.75) is 26.4 Å². The summed E-state index contributed by atoms with van der Waals surface area (Å²) >= 11 is 0. The van der Waals surface area contributed by atoms with Crippen LogP contribution in [0.4, 0.5) is 0 Å². The van der Waals surface area contributed by atoms with E-state index < -0.39 is 0 Å². The molecular weight excluding hydrogens is 118 g/mol. The molecule has 0 radical (unpaired) electrons. The SMILES string of the molecule is CCONCC(O)CC. The van der Waals surface area contributed by atoms with Crippen LogP contribution >= 0.6 is 0 Å². The van der Waals surface area contributed by atoms with Gasteiger partial charge in [-0.25, -0.2) is 0 Å². The molecule has 0 aliphatic carbocycles. The van der Waals surface area contributed by atoms with E-state index in [0.29, 0.717) is 13.2 Å². The van der Waals surface area contributed by atoms with Crippen LogP contribution in [-0.2, 0) is 4.84 Å². The topological polar surface area (TPSA) is 41.5 Å². The first-order valence-electron chi connectivity index (χ1n) is 3.34. The fourth-order valence-corrected chi connectivity index (χ4v) is 0.402. The van der Waals surface area contributed by atoms with E-state index in [0.717, 1.165) is 6.42 Å². The lowest BCUT2D eigenvalue weighted by molar-refractivity contribution is 0.0206. The van der Waals surface area contributed by atoms with Crippen molar-refractivity contribution >= 4 is 0 Å². The molecule has 0 bridgehead atoms. The molecule has 0 rings (SSSR count). The molecule has 1 unspecified atom stereocenters. The second kappa shape index (κ2) is 6.01. The molecule has 0 heterocycles. The van der Waals surface area contributed by atoms with Gasteiger partial charge in [0.2, 0.25) is 0 Å². The maximum absolute atomic E-state index is 8.94. The Kier molecular flexibility index (Phi) is 5.93. The summed E-state index contributed by atoms with van der Waals surface area (Å²) in [5, 5.41) is 8.94. The summed E-state index contributed by atoms with van der Waals surface area (Å²) in [7, 11) is 0. The average molecular weight is 133 g/mol. The zero-order valence-electron chi connectivity index (χ0n) is 6.05. The van der Waals surface area contributed by atoms with Gasteiger partial charge < -0.3 is 9.94 Å². The third-order valence-corrected chi connectivity index (χ3v) is 1.04. The third kappa shape index (κ3) is 5.76. The summed E-state index contributed by atoms with van der Waals surface area (Å²) in [6.07, 6.45) is 0.483. The van der Waals surface area contributed by atoms with Gasteiger partial charge >= 0.3 is 0 Å². The molecule has 2 N–H and O–H groups in total. The first-order chi connectivity index (χ1) is 4.31. The number of aliphatic hydroxyl groups excluding tert-OH is 1. The number of hydrogen-bond donors (Lipinski definition) is 2. The zero-order valence-corrected chi connectivity index (χ0v) is 6.05. The largest absolute Gasteiger partial charge is 0.392 e. The van der Waals surface area contributed by atoms with Crippen LogP contribution in [0.15, 0.2) is 0 Å². The van der Waals surface area contributed by atoms with E-state index in [9.17, 15) is 0 Å². The highest BCUT2D eigenvalue weighted by molar-refractivity contribution is 4.50. The minimum Gasteiger partial charge on any atom is -0.392 e. The average Bonchev–Trinajstić information content (AvgIpc) is 1.89. The molecule has 0 saturated heterocycles. The van der Waals surface area contributed by atoms with Crippen LogP contribution in [0.3, 0.4) is 0 Å². The Morgan fingerprint density at radius 3 is 2.67 bits per heavy atom. The molecule has 0 aliphatic heterocycles. The minimum absolute atomic E-state index is 0.281. The summed E-state index contributed by atoms with van der Waals surface area (Å²) in [4.78, 5) is 4.80. The summed E-state index contributed by atoms with van der Waals surface area (Å²) in [6.45, 7) is 4.98. The summed E-state index contributed by atoms with van der Waals surface area (Å²) < 4.78 is 0. The second-order valence-electron chi connectivity index (χ2n) is 1.84. The highest BCUT2D eigenvalue weighted by atomic mass is 16.6. The maximum atomic E-state index is 8.94. The lowest BCUT2D eigenvalue weighted by Crippen LogP contribution is -2.26. The second-order valence-corrected chi connectivity index (χ2v) is 1.84. The van der Waals surface area contributed by atoms with Gasteiger partial charge in [0.1, 0.15) is 0 Å². The van der Waals surface area contributed by atoms with E-state index >= 15 is 0 Å². The van der Waals surface area contributed by atoms with Crippen molar-refractivity contribution in [1.29, 1.82) is 0 Å². The molecule has 0 aromatic heterocycles. The van der Waals surface area contributed by atoms with E-state index in [-0.39, 0.29) is 6.10 Å². The summed E-state index contributed by atoms with van der Waals surface area (Å²) in [5.74, 6) is 0. The lowest BCUT2D eigenvalue weighted by Gasteiger charge is -2.07. The Morgan fingerprint density at radius 2 is 2.22 bits per heavy atom. The molecular formula is C6H15NO2. The van der Waals surface area contributed by atoms with Crippen LogP contribution in [0.5, 0.6) is 0 Å². The Morgan fingerprint density at radius 1 is 1.56 bits per heavy atom. The molecule has 0 amide bonds. The monoisotopic (exact) mass is 133 g/mol. The van der Waals surface area contributed by atoms with E-state index in [1.807, 2.05) is 13.8 Å². The van der Waals surface area contributed by atoms with Crippen LogP contribution in [0.2, 0.25) is 0 Å². The van der Waals surface area contributed by atoms with Gasteiger partial charge in [-0.15, -0.1) is 0 Å². The summed E-state index contributed by atoms with van der Waals surface area (Å²) in [5.41, 5.74) is 2.64. The van der Waals surface area contributed by atoms with Gasteiger partial charge in [0.25, 0.3) is 0 Å². The molecule has 56 valence electrons. The van der Waals surface area contributed by atoms with Crippen molar-refractivity contribution < 1.29 is 9.94 Å². The molecule has 3 heteroatoms. The Hall–Kier alpha value is -0.120. The standard InChI is InChI=1S/C6H15NO2/c1-3-6(8)5-7-9-4-2/h6-8H,3-5H2,1-2H3. The van der Waals surface area contributed by atoms with Gasteiger partial charge in [0.05, 0.1) is 12.7 Å². The van der Waals surface area contributed by atoms with Gasteiger partial charge in [-0.05, 0) is 13.3 Å².